The zero-order chi connectivity index (χ0) is 16.5. The zero-order valence-corrected chi connectivity index (χ0v) is 14.2. The van der Waals surface area contributed by atoms with Crippen LogP contribution in [0.25, 0.3) is 0 Å². The summed E-state index contributed by atoms with van der Waals surface area (Å²) in [6.07, 6.45) is 4.29. The Labute approximate surface area is 144 Å². The van der Waals surface area contributed by atoms with E-state index in [1.807, 2.05) is 18.2 Å². The van der Waals surface area contributed by atoms with Crippen molar-refractivity contribution in [3.63, 3.8) is 0 Å². The van der Waals surface area contributed by atoms with Crippen molar-refractivity contribution in [3.05, 3.63) is 71.3 Å². The van der Waals surface area contributed by atoms with E-state index >= 15 is 0 Å². The molecule has 1 saturated heterocycles. The number of hydrogen-bond acceptors (Lipinski definition) is 3. The Morgan fingerprint density at radius 1 is 0.875 bits per heavy atom. The van der Waals surface area contributed by atoms with Gasteiger partial charge in [0.15, 0.2) is 6.29 Å². The average molecular weight is 326 g/mol. The largest absolute Gasteiger partial charge is 0.372 e. The highest BCUT2D eigenvalue weighted by molar-refractivity contribution is 5.23. The lowest BCUT2D eigenvalue weighted by Gasteiger charge is -2.22. The average Bonchev–Trinajstić information content (AvgIpc) is 2.64. The minimum absolute atomic E-state index is 0.00358. The van der Waals surface area contributed by atoms with Gasteiger partial charge in [-0.1, -0.05) is 54.6 Å². The molecule has 1 aliphatic heterocycles. The molecule has 0 saturated carbocycles. The molecule has 0 amide bonds. The Morgan fingerprint density at radius 2 is 1.67 bits per heavy atom. The molecule has 0 spiro atoms. The van der Waals surface area contributed by atoms with Crippen LogP contribution in [0.3, 0.4) is 0 Å². The van der Waals surface area contributed by atoms with E-state index in [9.17, 15) is 0 Å². The van der Waals surface area contributed by atoms with Gasteiger partial charge in [-0.2, -0.15) is 0 Å². The smallest absolute Gasteiger partial charge is 0.157 e. The van der Waals surface area contributed by atoms with E-state index in [1.54, 1.807) is 0 Å². The number of hydrogen-bond donors (Lipinski definition) is 0. The van der Waals surface area contributed by atoms with Crippen LogP contribution in [0.1, 0.15) is 36.0 Å². The topological polar surface area (TPSA) is 27.7 Å². The van der Waals surface area contributed by atoms with Gasteiger partial charge in [-0.3, -0.25) is 0 Å². The summed E-state index contributed by atoms with van der Waals surface area (Å²) in [5.41, 5.74) is 3.69. The molecule has 2 aromatic rings. The van der Waals surface area contributed by atoms with E-state index in [1.165, 1.54) is 23.1 Å². The first-order valence-electron chi connectivity index (χ1n) is 8.83. The molecule has 3 nitrogen and oxygen atoms in total. The van der Waals surface area contributed by atoms with Gasteiger partial charge in [0.05, 0.1) is 19.8 Å². The highest BCUT2D eigenvalue weighted by atomic mass is 16.7. The molecule has 0 radical (unpaired) electrons. The van der Waals surface area contributed by atoms with Crippen molar-refractivity contribution in [1.29, 1.82) is 0 Å². The third-order valence-corrected chi connectivity index (χ3v) is 4.20. The molecule has 0 aromatic heterocycles. The molecule has 0 aliphatic carbocycles. The fourth-order valence-electron chi connectivity index (χ4n) is 2.89. The fourth-order valence-corrected chi connectivity index (χ4v) is 2.89. The van der Waals surface area contributed by atoms with E-state index in [-0.39, 0.29) is 6.29 Å². The second kappa shape index (κ2) is 9.58. The van der Waals surface area contributed by atoms with Crippen molar-refractivity contribution in [1.82, 2.24) is 0 Å². The SMILES string of the molecule is c1ccc(COCc2cccc(CCOC3CCCCO3)c2)cc1. The number of benzene rings is 2. The first kappa shape index (κ1) is 17.2. The molecule has 3 rings (SSSR count). The summed E-state index contributed by atoms with van der Waals surface area (Å²) in [5.74, 6) is 0. The summed E-state index contributed by atoms with van der Waals surface area (Å²) >= 11 is 0. The van der Waals surface area contributed by atoms with Gasteiger partial charge < -0.3 is 14.2 Å². The lowest BCUT2D eigenvalue weighted by molar-refractivity contribution is -0.161. The van der Waals surface area contributed by atoms with E-state index in [2.05, 4.69) is 36.4 Å². The van der Waals surface area contributed by atoms with Crippen molar-refractivity contribution in [3.8, 4) is 0 Å². The minimum atomic E-state index is -0.00358. The van der Waals surface area contributed by atoms with E-state index in [0.29, 0.717) is 19.8 Å². The van der Waals surface area contributed by atoms with Crippen LogP contribution in [0.15, 0.2) is 54.6 Å². The third kappa shape index (κ3) is 5.75. The Bertz CT molecular complexity index is 591. The van der Waals surface area contributed by atoms with Crippen LogP contribution in [0, 0.1) is 0 Å². The normalized spacial score (nSPS) is 17.8. The van der Waals surface area contributed by atoms with Gasteiger partial charge in [-0.05, 0) is 42.4 Å². The van der Waals surface area contributed by atoms with Crippen LogP contribution < -0.4 is 0 Å². The standard InChI is InChI=1S/C21H26O3/c1-2-7-19(8-3-1)16-22-17-20-10-6-9-18(15-20)12-14-24-21-11-4-5-13-23-21/h1-3,6-10,15,21H,4-5,11-14,16-17H2. The molecule has 128 valence electrons. The second-order valence-corrected chi connectivity index (χ2v) is 6.22. The van der Waals surface area contributed by atoms with Gasteiger partial charge in [-0.25, -0.2) is 0 Å². The van der Waals surface area contributed by atoms with Gasteiger partial charge in [-0.15, -0.1) is 0 Å². The van der Waals surface area contributed by atoms with Gasteiger partial charge >= 0.3 is 0 Å². The second-order valence-electron chi connectivity index (χ2n) is 6.22. The molecule has 2 aromatic carbocycles. The first-order chi connectivity index (χ1) is 11.9. The number of rotatable bonds is 8. The Morgan fingerprint density at radius 3 is 2.50 bits per heavy atom. The molecule has 1 fully saturated rings. The molecule has 1 unspecified atom stereocenters. The monoisotopic (exact) mass is 326 g/mol. The molecular formula is C21H26O3. The maximum Gasteiger partial charge on any atom is 0.157 e. The Balaban J connectivity index is 1.40. The molecular weight excluding hydrogens is 300 g/mol. The van der Waals surface area contributed by atoms with Crippen LogP contribution >= 0.6 is 0 Å². The van der Waals surface area contributed by atoms with Gasteiger partial charge in [0.2, 0.25) is 0 Å². The Kier molecular flexibility index (Phi) is 6.84. The summed E-state index contributed by atoms with van der Waals surface area (Å²) in [4.78, 5) is 0. The van der Waals surface area contributed by atoms with E-state index in [4.69, 9.17) is 14.2 Å². The van der Waals surface area contributed by atoms with Crippen LogP contribution in [0.2, 0.25) is 0 Å². The summed E-state index contributed by atoms with van der Waals surface area (Å²) < 4.78 is 17.2. The van der Waals surface area contributed by atoms with Gasteiger partial charge in [0.25, 0.3) is 0 Å². The van der Waals surface area contributed by atoms with Crippen molar-refractivity contribution in [2.45, 2.75) is 45.2 Å². The molecule has 3 heteroatoms. The van der Waals surface area contributed by atoms with Crippen LogP contribution in [-0.2, 0) is 33.8 Å². The predicted octanol–water partition coefficient (Wildman–Crippen LogP) is 4.49. The molecule has 0 bridgehead atoms. The third-order valence-electron chi connectivity index (χ3n) is 4.20. The van der Waals surface area contributed by atoms with Gasteiger partial charge in [0.1, 0.15) is 0 Å². The maximum absolute atomic E-state index is 5.81. The maximum atomic E-state index is 5.81. The van der Waals surface area contributed by atoms with E-state index < -0.39 is 0 Å². The summed E-state index contributed by atoms with van der Waals surface area (Å²) in [5, 5.41) is 0. The predicted molar refractivity (Wildman–Crippen MR) is 94.6 cm³/mol. The quantitative estimate of drug-likeness (QED) is 0.715. The zero-order valence-electron chi connectivity index (χ0n) is 14.2. The Hall–Kier alpha value is -1.68. The van der Waals surface area contributed by atoms with Crippen molar-refractivity contribution >= 4 is 0 Å². The van der Waals surface area contributed by atoms with E-state index in [0.717, 1.165) is 25.9 Å². The highest BCUT2D eigenvalue weighted by Gasteiger charge is 2.13. The number of ether oxygens (including phenoxy) is 3. The highest BCUT2D eigenvalue weighted by Crippen LogP contribution is 2.15. The van der Waals surface area contributed by atoms with Crippen molar-refractivity contribution in [2.24, 2.45) is 0 Å². The van der Waals surface area contributed by atoms with Crippen LogP contribution in [0.5, 0.6) is 0 Å². The lowest BCUT2D eigenvalue weighted by atomic mass is 10.1. The lowest BCUT2D eigenvalue weighted by Crippen LogP contribution is -2.23. The molecule has 1 atom stereocenters. The van der Waals surface area contributed by atoms with Crippen LogP contribution in [0.4, 0.5) is 0 Å². The molecule has 1 aliphatic rings. The minimum Gasteiger partial charge on any atom is -0.372 e. The van der Waals surface area contributed by atoms with Crippen LogP contribution in [-0.4, -0.2) is 19.5 Å². The van der Waals surface area contributed by atoms with Crippen molar-refractivity contribution < 1.29 is 14.2 Å². The first-order valence-corrected chi connectivity index (χ1v) is 8.83. The summed E-state index contributed by atoms with van der Waals surface area (Å²) in [6.45, 7) is 2.82. The summed E-state index contributed by atoms with van der Waals surface area (Å²) in [7, 11) is 0. The molecule has 0 N–H and O–H groups in total. The molecule has 24 heavy (non-hydrogen) atoms. The fraction of sp³-hybridized carbons (Fsp3) is 0.429. The summed E-state index contributed by atoms with van der Waals surface area (Å²) in [6, 6.07) is 18.8. The van der Waals surface area contributed by atoms with Gasteiger partial charge in [0, 0.05) is 6.61 Å². The van der Waals surface area contributed by atoms with Crippen molar-refractivity contribution in [2.75, 3.05) is 13.2 Å². The molecule has 1 heterocycles.